The molecule has 1 atom stereocenters. The number of ether oxygens (including phenoxy) is 2. The van der Waals surface area contributed by atoms with Gasteiger partial charge in [0.1, 0.15) is 5.56 Å². The number of hydrogen-bond donors (Lipinski definition) is 0. The van der Waals surface area contributed by atoms with E-state index in [1.807, 2.05) is 0 Å². The molecule has 0 amide bonds. The van der Waals surface area contributed by atoms with Crippen LogP contribution in [0.4, 0.5) is 0 Å². The van der Waals surface area contributed by atoms with Crippen LogP contribution in [0, 0.1) is 0 Å². The van der Waals surface area contributed by atoms with Crippen molar-refractivity contribution >= 4 is 62.3 Å². The fourth-order valence-corrected chi connectivity index (χ4v) is 1.98. The smallest absolute Gasteiger partial charge is 0.347 e. The van der Waals surface area contributed by atoms with Crippen LogP contribution in [0.15, 0.2) is 10.5 Å². The zero-order chi connectivity index (χ0) is 10.6. The van der Waals surface area contributed by atoms with E-state index in [1.165, 1.54) is 0 Å². The van der Waals surface area contributed by atoms with E-state index in [-0.39, 0.29) is 10.1 Å². The molecule has 0 aromatic carbocycles. The van der Waals surface area contributed by atoms with Gasteiger partial charge in [-0.3, -0.25) is 0 Å². The molecule has 3 heterocycles. The van der Waals surface area contributed by atoms with Crippen LogP contribution in [0.3, 0.4) is 0 Å². The van der Waals surface area contributed by atoms with Crippen molar-refractivity contribution in [3.05, 3.63) is 11.6 Å². The van der Waals surface area contributed by atoms with Gasteiger partial charge >= 0.3 is 5.97 Å². The molecule has 0 aliphatic carbocycles. The average Bonchev–Trinajstić information content (AvgIpc) is 2.81. The van der Waals surface area contributed by atoms with Gasteiger partial charge in [-0.2, -0.15) is 0 Å². The Morgan fingerprint density at radius 3 is 3.07 bits per heavy atom. The number of benzene rings is 1. The van der Waals surface area contributed by atoms with Crippen LogP contribution in [0.25, 0.3) is 11.2 Å². The molecule has 0 N–H and O–H groups in total. The Hall–Kier alpha value is -0.250. The summed E-state index contributed by atoms with van der Waals surface area (Å²) in [5.41, 5.74) is 1.61. The number of alkyl halides is 2. The molecule has 0 saturated heterocycles. The summed E-state index contributed by atoms with van der Waals surface area (Å²) in [6.45, 7) is 0. The summed E-state index contributed by atoms with van der Waals surface area (Å²) in [6, 6.07) is 1.67. The van der Waals surface area contributed by atoms with Crippen LogP contribution < -0.4 is 9.47 Å². The fraction of sp³-hybridized carbons (Fsp3) is 0.222. The van der Waals surface area contributed by atoms with E-state index >= 15 is 0 Å². The van der Waals surface area contributed by atoms with E-state index in [1.54, 1.807) is 6.07 Å². The molecule has 6 heteroatoms. The first-order chi connectivity index (χ1) is 7.20. The third-order valence-corrected chi connectivity index (χ3v) is 5.33. The van der Waals surface area contributed by atoms with Gasteiger partial charge < -0.3 is 13.9 Å². The second-order valence-electron chi connectivity index (χ2n) is 3.08. The predicted octanol–water partition coefficient (Wildman–Crippen LogP) is 2.98. The van der Waals surface area contributed by atoms with Crippen molar-refractivity contribution in [3.8, 4) is 11.5 Å². The molecular formula is C9H4I2O4. The third-order valence-electron chi connectivity index (χ3n) is 2.15. The number of esters is 1. The molecule has 2 aromatic heterocycles. The summed E-state index contributed by atoms with van der Waals surface area (Å²) < 4.78 is 16.9. The van der Waals surface area contributed by atoms with Gasteiger partial charge in [0.2, 0.25) is 11.5 Å². The van der Waals surface area contributed by atoms with Gasteiger partial charge in [0.05, 0.1) is 0 Å². The maximum Gasteiger partial charge on any atom is 0.347 e. The highest BCUT2D eigenvalue weighted by Gasteiger charge is 2.36. The van der Waals surface area contributed by atoms with Gasteiger partial charge in [0, 0.05) is 10.5 Å². The van der Waals surface area contributed by atoms with E-state index in [4.69, 9.17) is 13.9 Å². The summed E-state index contributed by atoms with van der Waals surface area (Å²) >= 11 is 4.41. The molecule has 2 aromatic rings. The lowest BCUT2D eigenvalue weighted by atomic mass is 10.2. The molecular weight excluding hydrogens is 426 g/mol. The minimum absolute atomic E-state index is 0.0397. The van der Waals surface area contributed by atoms with Crippen LogP contribution in [-0.2, 0) is 0 Å². The molecule has 3 rings (SSSR count). The van der Waals surface area contributed by atoms with Gasteiger partial charge in [-0.15, -0.1) is 0 Å². The number of rotatable bonds is 3. The molecule has 2 bridgehead atoms. The van der Waals surface area contributed by atoms with Gasteiger partial charge in [0.15, 0.2) is 15.3 Å². The summed E-state index contributed by atoms with van der Waals surface area (Å²) in [7, 11) is 0. The number of fused-ring (bicyclic) bond motifs is 1. The van der Waals surface area contributed by atoms with E-state index in [0.717, 1.165) is 4.43 Å². The zero-order valence-corrected chi connectivity index (χ0v) is 11.6. The molecule has 1 aliphatic heterocycles. The summed E-state index contributed by atoms with van der Waals surface area (Å²) in [4.78, 5) is 11.3. The monoisotopic (exact) mass is 430 g/mol. The number of carbonyl (C=O) groups is 1. The first-order valence-electron chi connectivity index (χ1n) is 4.18. The average molecular weight is 430 g/mol. The van der Waals surface area contributed by atoms with Gasteiger partial charge in [-0.05, 0) is 22.6 Å². The van der Waals surface area contributed by atoms with Crippen LogP contribution in [0.5, 0.6) is 11.5 Å². The molecule has 0 saturated carbocycles. The van der Waals surface area contributed by atoms with E-state index in [2.05, 4.69) is 45.2 Å². The minimum Gasteiger partial charge on any atom is -0.472 e. The van der Waals surface area contributed by atoms with E-state index < -0.39 is 0 Å². The van der Waals surface area contributed by atoms with Gasteiger partial charge in [-0.1, -0.05) is 22.6 Å². The summed E-state index contributed by atoms with van der Waals surface area (Å²) in [5, 5.41) is 0. The van der Waals surface area contributed by atoms with Crippen molar-refractivity contribution < 1.29 is 18.7 Å². The molecule has 1 unspecified atom stereocenters. The quantitative estimate of drug-likeness (QED) is 0.427. The van der Waals surface area contributed by atoms with E-state index in [0.29, 0.717) is 28.2 Å². The van der Waals surface area contributed by atoms with Crippen LogP contribution in [0.1, 0.15) is 10.4 Å². The van der Waals surface area contributed by atoms with Crippen molar-refractivity contribution in [2.75, 3.05) is 4.43 Å². The Kier molecular flexibility index (Phi) is 2.23. The Balaban J connectivity index is 2.05. The minimum atomic E-state index is -0.354. The fourth-order valence-electron chi connectivity index (χ4n) is 1.55. The highest BCUT2D eigenvalue weighted by atomic mass is 127. The largest absolute Gasteiger partial charge is 0.472 e. The zero-order valence-electron chi connectivity index (χ0n) is 7.25. The van der Waals surface area contributed by atoms with Crippen molar-refractivity contribution in [1.82, 2.24) is 0 Å². The molecule has 1 aliphatic rings. The Morgan fingerprint density at radius 2 is 2.33 bits per heavy atom. The maximum atomic E-state index is 11.3. The summed E-state index contributed by atoms with van der Waals surface area (Å²) in [6.07, 6.45) is 0. The SMILES string of the molecule is O=C1Oc2c(OC(I)CI)c3cc1c2o3. The third kappa shape index (κ3) is 1.33. The normalized spacial score (nSPS) is 16.0. The molecule has 78 valence electrons. The van der Waals surface area contributed by atoms with Gasteiger partial charge in [-0.25, -0.2) is 4.79 Å². The van der Waals surface area contributed by atoms with E-state index in [9.17, 15) is 4.79 Å². The lowest BCUT2D eigenvalue weighted by molar-refractivity contribution is 0.0750. The molecule has 0 fully saturated rings. The Bertz CT molecular complexity index is 533. The van der Waals surface area contributed by atoms with Crippen LogP contribution in [0.2, 0.25) is 0 Å². The number of halogens is 2. The molecule has 4 nitrogen and oxygen atoms in total. The predicted molar refractivity (Wildman–Crippen MR) is 69.7 cm³/mol. The standard InChI is InChI=1S/C9H4I2O4/c10-2-5(11)14-7-4-1-3-6(13-4)8(7)15-9(3)12/h1,5H,2H2. The first-order valence-corrected chi connectivity index (χ1v) is 6.95. The lowest BCUT2D eigenvalue weighted by Crippen LogP contribution is -2.09. The molecule has 15 heavy (non-hydrogen) atoms. The molecule has 0 radical (unpaired) electrons. The van der Waals surface area contributed by atoms with Crippen molar-refractivity contribution in [2.24, 2.45) is 0 Å². The number of furan rings is 2. The highest BCUT2D eigenvalue weighted by Crippen LogP contribution is 2.49. The van der Waals surface area contributed by atoms with Crippen LogP contribution in [-0.4, -0.2) is 14.5 Å². The van der Waals surface area contributed by atoms with Crippen molar-refractivity contribution in [1.29, 1.82) is 0 Å². The Morgan fingerprint density at radius 1 is 1.53 bits per heavy atom. The summed E-state index contributed by atoms with van der Waals surface area (Å²) in [5.74, 6) is 0.641. The number of hydrogen-bond acceptors (Lipinski definition) is 4. The van der Waals surface area contributed by atoms with Crippen LogP contribution >= 0.6 is 45.2 Å². The Labute approximate surface area is 112 Å². The van der Waals surface area contributed by atoms with Crippen molar-refractivity contribution in [2.45, 2.75) is 4.11 Å². The molecule has 0 spiro atoms. The first kappa shape index (κ1) is 9.94. The number of carbonyl (C=O) groups excluding carboxylic acids is 1. The highest BCUT2D eigenvalue weighted by molar-refractivity contribution is 14.1. The second kappa shape index (κ2) is 3.37. The second-order valence-corrected chi connectivity index (χ2v) is 5.35. The van der Waals surface area contributed by atoms with Crippen molar-refractivity contribution in [3.63, 3.8) is 0 Å². The lowest BCUT2D eigenvalue weighted by Gasteiger charge is -2.08. The topological polar surface area (TPSA) is 48.7 Å². The van der Waals surface area contributed by atoms with Gasteiger partial charge in [0.25, 0.3) is 0 Å². The maximum absolute atomic E-state index is 11.3.